The maximum atomic E-state index is 12.3. The molecule has 178 valence electrons. The Balaban J connectivity index is 1.76. The molecule has 4 aliphatic rings. The number of aliphatic hydroxyl groups excluding tert-OH is 1. The van der Waals surface area contributed by atoms with Crippen molar-refractivity contribution in [2.75, 3.05) is 0 Å². The van der Waals surface area contributed by atoms with E-state index in [-0.39, 0.29) is 40.9 Å². The Morgan fingerprint density at radius 3 is 2.14 bits per heavy atom. The van der Waals surface area contributed by atoms with Gasteiger partial charge in [-0.25, -0.2) is 0 Å². The molecule has 12 radical (unpaired) electrons. The Labute approximate surface area is 219 Å². The molecule has 0 aliphatic heterocycles. The summed E-state index contributed by atoms with van der Waals surface area (Å²) in [5.41, 5.74) is -2.09. The van der Waals surface area contributed by atoms with Gasteiger partial charge < -0.3 is 15.3 Å². The molecular weight excluding hydrogens is 429 g/mol. The second-order valence-electron chi connectivity index (χ2n) is 13.1. The molecule has 0 aromatic rings. The summed E-state index contributed by atoms with van der Waals surface area (Å²) in [6, 6.07) is 0. The molecular formula is C25H36B6O4. The van der Waals surface area contributed by atoms with Gasteiger partial charge in [0.25, 0.3) is 0 Å². The summed E-state index contributed by atoms with van der Waals surface area (Å²) in [6.07, 6.45) is 6.79. The molecule has 4 nitrogen and oxygen atoms in total. The number of carboxylic acid groups (broad SMARTS) is 1. The lowest BCUT2D eigenvalue weighted by Gasteiger charge is -2.72. The van der Waals surface area contributed by atoms with Gasteiger partial charge in [0.05, 0.1) is 21.8 Å². The summed E-state index contributed by atoms with van der Waals surface area (Å²) >= 11 is 0. The van der Waals surface area contributed by atoms with Gasteiger partial charge in [0.1, 0.15) is 7.85 Å². The summed E-state index contributed by atoms with van der Waals surface area (Å²) in [4.78, 5) is 11.1. The first-order chi connectivity index (χ1) is 16.0. The molecule has 0 aromatic carbocycles. The van der Waals surface area contributed by atoms with Crippen LogP contribution in [0.15, 0.2) is 0 Å². The van der Waals surface area contributed by atoms with Crippen molar-refractivity contribution >= 4 is 53.0 Å². The number of hydrogen-bond acceptors (Lipinski definition) is 3. The van der Waals surface area contributed by atoms with Crippen molar-refractivity contribution in [2.24, 2.45) is 46.3 Å². The van der Waals surface area contributed by atoms with Crippen LogP contribution >= 0.6 is 0 Å². The van der Waals surface area contributed by atoms with E-state index in [2.05, 4.69) is 13.8 Å². The van der Waals surface area contributed by atoms with E-state index >= 15 is 0 Å². The molecule has 10 atom stereocenters. The van der Waals surface area contributed by atoms with Gasteiger partial charge in [-0.1, -0.05) is 13.8 Å². The number of aliphatic hydroxyl groups is 2. The predicted molar refractivity (Wildman–Crippen MR) is 142 cm³/mol. The van der Waals surface area contributed by atoms with Crippen LogP contribution in [0.1, 0.15) is 78.1 Å². The lowest BCUT2D eigenvalue weighted by atomic mass is 9.16. The molecule has 4 aliphatic carbocycles. The number of hydrogen-bond donors (Lipinski definition) is 3. The molecule has 0 amide bonds. The first kappa shape index (κ1) is 27.8. The Kier molecular flexibility index (Phi) is 7.09. The van der Waals surface area contributed by atoms with Crippen molar-refractivity contribution in [1.29, 1.82) is 0 Å². The number of fused-ring (bicyclic) bond motifs is 5. The van der Waals surface area contributed by atoms with E-state index in [9.17, 15) is 15.0 Å². The fourth-order valence-corrected chi connectivity index (χ4v) is 9.44. The second kappa shape index (κ2) is 8.92. The van der Waals surface area contributed by atoms with Gasteiger partial charge in [-0.05, 0) is 104 Å². The highest BCUT2D eigenvalue weighted by atomic mass is 16.4. The predicted octanol–water partition coefficient (Wildman–Crippen LogP) is 1.99. The van der Waals surface area contributed by atoms with Crippen molar-refractivity contribution < 1.29 is 20.1 Å². The lowest BCUT2D eigenvalue weighted by molar-refractivity contribution is -0.222. The van der Waals surface area contributed by atoms with Crippen LogP contribution in [0.3, 0.4) is 0 Å². The number of aliphatic carboxylic acids is 1. The SMILES string of the molecule is [B]C([B])([B])C([B])([B])[C@@H]1[C@@H]2C[C@H](O)CC[C@]2(C)[C@H]2CC[C@]3(C)[C@@H](CCCC(=O)O)CC[C@H]3[C@@H]2[C@]1([B])O. The second-order valence-corrected chi connectivity index (χ2v) is 13.1. The van der Waals surface area contributed by atoms with Gasteiger partial charge >= 0.3 is 5.97 Å². The highest BCUT2D eigenvalue weighted by Gasteiger charge is 2.69. The summed E-state index contributed by atoms with van der Waals surface area (Å²) in [5.74, 6) is -1.60. The van der Waals surface area contributed by atoms with Gasteiger partial charge in [0, 0.05) is 35.5 Å². The van der Waals surface area contributed by atoms with Crippen molar-refractivity contribution in [3.05, 3.63) is 0 Å². The van der Waals surface area contributed by atoms with Crippen LogP contribution in [0.4, 0.5) is 0 Å². The van der Waals surface area contributed by atoms with E-state index in [0.29, 0.717) is 25.2 Å². The fraction of sp³-hybridized carbons (Fsp3) is 0.960. The van der Waals surface area contributed by atoms with Crippen molar-refractivity contribution in [1.82, 2.24) is 0 Å². The molecule has 10 heteroatoms. The molecule has 35 heavy (non-hydrogen) atoms. The highest BCUT2D eigenvalue weighted by molar-refractivity contribution is 6.67. The molecule has 3 N–H and O–H groups in total. The van der Waals surface area contributed by atoms with Crippen LogP contribution in [0.5, 0.6) is 0 Å². The molecule has 4 fully saturated rings. The van der Waals surface area contributed by atoms with Crippen LogP contribution in [0, 0.1) is 46.3 Å². The summed E-state index contributed by atoms with van der Waals surface area (Å²) in [6.45, 7) is 4.51. The van der Waals surface area contributed by atoms with E-state index < -0.39 is 33.8 Å². The van der Waals surface area contributed by atoms with Gasteiger partial charge in [0.15, 0.2) is 0 Å². The van der Waals surface area contributed by atoms with Gasteiger partial charge in [-0.15, -0.1) is 10.3 Å². The van der Waals surface area contributed by atoms with E-state index in [1.54, 1.807) is 0 Å². The molecule has 0 unspecified atom stereocenters. The Morgan fingerprint density at radius 1 is 0.943 bits per heavy atom. The van der Waals surface area contributed by atoms with Gasteiger partial charge in [0.2, 0.25) is 0 Å². The molecule has 0 aromatic heterocycles. The van der Waals surface area contributed by atoms with Gasteiger partial charge in [-0.2, -0.15) is 0 Å². The maximum absolute atomic E-state index is 12.3. The minimum absolute atomic E-state index is 0.0635. The van der Waals surface area contributed by atoms with Crippen LogP contribution in [-0.2, 0) is 4.79 Å². The first-order valence-corrected chi connectivity index (χ1v) is 13.3. The standard InChI is InChI=1S/C25H36B6O4/c1-21-11-9-16-19(15(21)7-6-13(21)4-3-5-18(33)34)23(26,35)20(24(27,28)25(29,30)31)17-12-14(32)8-10-22(16,17)2/h13-17,19-20,32,35H,3-12H2,1-2H3,(H,33,34)/t13-,14+,15-,16-,17-,19-,20+,21+,22+,23-/m0/s1. The third-order valence-corrected chi connectivity index (χ3v) is 11.3. The topological polar surface area (TPSA) is 77.8 Å². The Morgan fingerprint density at radius 2 is 1.54 bits per heavy atom. The average molecular weight is 465 g/mol. The highest BCUT2D eigenvalue weighted by Crippen LogP contribution is 2.73. The van der Waals surface area contributed by atoms with Gasteiger partial charge in [-0.3, -0.25) is 4.79 Å². The largest absolute Gasteiger partial charge is 0.481 e. The zero-order valence-corrected chi connectivity index (χ0v) is 21.3. The minimum Gasteiger partial charge on any atom is -0.481 e. The van der Waals surface area contributed by atoms with Crippen molar-refractivity contribution in [3.8, 4) is 0 Å². The quantitative estimate of drug-likeness (QED) is 0.525. The zero-order chi connectivity index (χ0) is 26.2. The van der Waals surface area contributed by atoms with E-state index in [1.165, 1.54) is 0 Å². The molecule has 0 spiro atoms. The normalized spacial score (nSPS) is 47.9. The van der Waals surface area contributed by atoms with E-state index in [0.717, 1.165) is 38.5 Å². The number of carboxylic acids is 1. The fourth-order valence-electron chi connectivity index (χ4n) is 9.44. The third kappa shape index (κ3) is 4.23. The molecule has 4 rings (SSSR count). The van der Waals surface area contributed by atoms with Crippen LogP contribution < -0.4 is 0 Å². The summed E-state index contributed by atoms with van der Waals surface area (Å²) in [7, 11) is 38.4. The smallest absolute Gasteiger partial charge is 0.303 e. The van der Waals surface area contributed by atoms with Crippen LogP contribution in [0.25, 0.3) is 0 Å². The van der Waals surface area contributed by atoms with E-state index in [4.69, 9.17) is 52.2 Å². The Hall–Kier alpha value is -0.220. The molecule has 0 saturated heterocycles. The summed E-state index contributed by atoms with van der Waals surface area (Å²) < 4.78 is 0. The Bertz CT molecular complexity index is 831. The number of carbonyl (C=O) groups is 1. The minimum atomic E-state index is -1.99. The van der Waals surface area contributed by atoms with Crippen LogP contribution in [-0.4, -0.2) is 80.0 Å². The summed E-state index contributed by atoms with van der Waals surface area (Å²) in [5, 5.41) is 28.1. The van der Waals surface area contributed by atoms with E-state index in [1.807, 2.05) is 0 Å². The van der Waals surface area contributed by atoms with Crippen molar-refractivity contribution in [3.63, 3.8) is 0 Å². The molecule has 0 heterocycles. The van der Waals surface area contributed by atoms with Crippen molar-refractivity contribution in [2.45, 2.75) is 100.0 Å². The lowest BCUT2D eigenvalue weighted by Crippen LogP contribution is -2.71. The molecule has 4 saturated carbocycles. The first-order valence-electron chi connectivity index (χ1n) is 13.3. The number of rotatable bonds is 6. The van der Waals surface area contributed by atoms with Crippen LogP contribution in [0.2, 0.25) is 10.3 Å². The third-order valence-electron chi connectivity index (χ3n) is 11.3. The zero-order valence-electron chi connectivity index (χ0n) is 21.3. The average Bonchev–Trinajstić information content (AvgIpc) is 3.04. The monoisotopic (exact) mass is 466 g/mol. The maximum Gasteiger partial charge on any atom is 0.303 e. The molecule has 0 bridgehead atoms.